The lowest BCUT2D eigenvalue weighted by Crippen LogP contribution is -2.31. The molecular weight excluding hydrogens is 418 g/mol. The van der Waals surface area contributed by atoms with E-state index in [9.17, 15) is 17.6 Å². The van der Waals surface area contributed by atoms with E-state index in [-0.39, 0.29) is 6.42 Å². The number of H-pyrrole nitrogens is 1. The molecule has 0 aliphatic heterocycles. The van der Waals surface area contributed by atoms with Crippen molar-refractivity contribution in [1.82, 2.24) is 15.2 Å². The predicted molar refractivity (Wildman–Crippen MR) is 109 cm³/mol. The summed E-state index contributed by atoms with van der Waals surface area (Å²) in [6, 6.07) is 8.40. The van der Waals surface area contributed by atoms with Crippen LogP contribution in [0.25, 0.3) is 21.3 Å². The van der Waals surface area contributed by atoms with E-state index >= 15 is 0 Å². The average molecular weight is 435 g/mol. The molecule has 0 fully saturated rings. The number of anilines is 1. The highest BCUT2D eigenvalue weighted by atomic mass is 32.1. The van der Waals surface area contributed by atoms with Gasteiger partial charge in [0.2, 0.25) is 0 Å². The molecule has 4 N–H and O–H groups in total. The van der Waals surface area contributed by atoms with Crippen molar-refractivity contribution in [2.24, 2.45) is 5.73 Å². The summed E-state index contributed by atoms with van der Waals surface area (Å²) in [5.41, 5.74) is 7.15. The van der Waals surface area contributed by atoms with Crippen LogP contribution in [0.3, 0.4) is 0 Å². The SMILES string of the molecule is N[C@@H](CNc1ncc(-c2ccc3[nH]ncc3c2)s1)Cc1ccc(C(F)(F)F)c(F)c1. The first kappa shape index (κ1) is 20.3. The zero-order valence-corrected chi connectivity index (χ0v) is 16.3. The molecule has 4 rings (SSSR count). The topological polar surface area (TPSA) is 79.6 Å². The van der Waals surface area contributed by atoms with Gasteiger partial charge in [-0.1, -0.05) is 23.5 Å². The zero-order chi connectivity index (χ0) is 21.3. The number of nitrogens with zero attached hydrogens (tertiary/aromatic N) is 2. The fourth-order valence-electron chi connectivity index (χ4n) is 3.09. The largest absolute Gasteiger partial charge is 0.419 e. The number of hydrogen-bond donors (Lipinski definition) is 3. The number of hydrogen-bond acceptors (Lipinski definition) is 5. The van der Waals surface area contributed by atoms with Gasteiger partial charge in [0.15, 0.2) is 5.13 Å². The average Bonchev–Trinajstić information content (AvgIpc) is 3.34. The second kappa shape index (κ2) is 8.04. The first-order valence-corrected chi connectivity index (χ1v) is 9.85. The highest BCUT2D eigenvalue weighted by Gasteiger charge is 2.33. The normalized spacial score (nSPS) is 13.0. The molecule has 2 aromatic carbocycles. The van der Waals surface area contributed by atoms with E-state index in [0.717, 1.165) is 33.5 Å². The molecule has 0 aliphatic rings. The number of aromatic amines is 1. The molecule has 0 aliphatic carbocycles. The van der Waals surface area contributed by atoms with Crippen molar-refractivity contribution in [3.05, 3.63) is 65.7 Å². The van der Waals surface area contributed by atoms with Crippen LogP contribution in [-0.4, -0.2) is 27.8 Å². The van der Waals surface area contributed by atoms with Gasteiger partial charge in [-0.15, -0.1) is 0 Å². The molecule has 156 valence electrons. The lowest BCUT2D eigenvalue weighted by molar-refractivity contribution is -0.140. The maximum Gasteiger partial charge on any atom is 0.419 e. The lowest BCUT2D eigenvalue weighted by Gasteiger charge is -2.14. The van der Waals surface area contributed by atoms with Crippen LogP contribution in [-0.2, 0) is 12.6 Å². The Balaban J connectivity index is 1.36. The summed E-state index contributed by atoms with van der Waals surface area (Å²) < 4.78 is 51.7. The Hall–Kier alpha value is -2.98. The Morgan fingerprint density at radius 1 is 1.13 bits per heavy atom. The summed E-state index contributed by atoms with van der Waals surface area (Å²) in [6.45, 7) is 0.344. The van der Waals surface area contributed by atoms with E-state index in [4.69, 9.17) is 5.73 Å². The molecule has 2 aromatic heterocycles. The number of rotatable bonds is 6. The highest BCUT2D eigenvalue weighted by Crippen LogP contribution is 2.32. The van der Waals surface area contributed by atoms with Gasteiger partial charge < -0.3 is 11.1 Å². The van der Waals surface area contributed by atoms with Crippen LogP contribution in [0.1, 0.15) is 11.1 Å². The van der Waals surface area contributed by atoms with Crippen molar-refractivity contribution >= 4 is 27.4 Å². The van der Waals surface area contributed by atoms with Gasteiger partial charge >= 0.3 is 6.18 Å². The molecule has 0 spiro atoms. The van der Waals surface area contributed by atoms with Gasteiger partial charge in [-0.05, 0) is 41.8 Å². The number of nitrogens with two attached hydrogens (primary N) is 1. The number of benzene rings is 2. The first-order chi connectivity index (χ1) is 14.3. The molecule has 0 unspecified atom stereocenters. The molecule has 1 atom stereocenters. The van der Waals surface area contributed by atoms with Gasteiger partial charge in [0.1, 0.15) is 5.82 Å². The summed E-state index contributed by atoms with van der Waals surface area (Å²) in [4.78, 5) is 5.31. The van der Waals surface area contributed by atoms with E-state index < -0.39 is 23.6 Å². The molecule has 4 aromatic rings. The van der Waals surface area contributed by atoms with Crippen molar-refractivity contribution in [2.45, 2.75) is 18.6 Å². The maximum absolute atomic E-state index is 13.7. The quantitative estimate of drug-likeness (QED) is 0.379. The minimum atomic E-state index is -4.71. The molecule has 0 bridgehead atoms. The van der Waals surface area contributed by atoms with Gasteiger partial charge in [-0.25, -0.2) is 9.37 Å². The maximum atomic E-state index is 13.7. The Kier molecular flexibility index (Phi) is 5.44. The van der Waals surface area contributed by atoms with E-state index in [1.54, 1.807) is 12.4 Å². The molecule has 10 heteroatoms. The fraction of sp³-hybridized carbons (Fsp3) is 0.200. The number of alkyl halides is 3. The van der Waals surface area contributed by atoms with Crippen LogP contribution in [0.4, 0.5) is 22.7 Å². The number of fused-ring (bicyclic) bond motifs is 1. The highest BCUT2D eigenvalue weighted by molar-refractivity contribution is 7.18. The minimum absolute atomic E-state index is 0.234. The third kappa shape index (κ3) is 4.44. The molecule has 2 heterocycles. The predicted octanol–water partition coefficient (Wildman–Crippen LogP) is 4.83. The van der Waals surface area contributed by atoms with Crippen molar-refractivity contribution < 1.29 is 17.6 Å². The summed E-state index contributed by atoms with van der Waals surface area (Å²) >= 11 is 1.46. The standard InChI is InChI=1S/C20H17F4N5S/c21-16-6-11(1-3-15(16)20(22,23)24)5-14(25)9-26-19-27-10-18(30-19)12-2-4-17-13(7-12)8-28-29-17/h1-4,6-8,10,14H,5,9,25H2,(H,26,27)(H,28,29)/t14-/m1/s1. The van der Waals surface area contributed by atoms with Gasteiger partial charge in [-0.2, -0.15) is 18.3 Å². The van der Waals surface area contributed by atoms with Crippen LogP contribution in [0.2, 0.25) is 0 Å². The van der Waals surface area contributed by atoms with E-state index in [1.165, 1.54) is 17.4 Å². The van der Waals surface area contributed by atoms with Crippen molar-refractivity contribution in [2.75, 3.05) is 11.9 Å². The number of nitrogens with one attached hydrogen (secondary N) is 2. The molecule has 0 amide bonds. The van der Waals surface area contributed by atoms with Gasteiger partial charge in [0.25, 0.3) is 0 Å². The minimum Gasteiger partial charge on any atom is -0.360 e. The van der Waals surface area contributed by atoms with Crippen LogP contribution >= 0.6 is 11.3 Å². The van der Waals surface area contributed by atoms with Crippen LogP contribution in [0, 0.1) is 5.82 Å². The fourth-order valence-corrected chi connectivity index (χ4v) is 3.91. The monoisotopic (exact) mass is 435 g/mol. The first-order valence-electron chi connectivity index (χ1n) is 9.04. The Bertz CT molecular complexity index is 1170. The van der Waals surface area contributed by atoms with Gasteiger partial charge in [-0.3, -0.25) is 5.10 Å². The van der Waals surface area contributed by atoms with Crippen molar-refractivity contribution in [3.63, 3.8) is 0 Å². The Morgan fingerprint density at radius 2 is 1.97 bits per heavy atom. The zero-order valence-electron chi connectivity index (χ0n) is 15.5. The van der Waals surface area contributed by atoms with Crippen molar-refractivity contribution in [3.8, 4) is 10.4 Å². The van der Waals surface area contributed by atoms with Crippen molar-refractivity contribution in [1.29, 1.82) is 0 Å². The van der Waals surface area contributed by atoms with Crippen LogP contribution < -0.4 is 11.1 Å². The summed E-state index contributed by atoms with van der Waals surface area (Å²) in [7, 11) is 0. The smallest absolute Gasteiger partial charge is 0.360 e. The Labute approximate surface area is 172 Å². The molecular formula is C20H17F4N5S. The second-order valence-electron chi connectivity index (χ2n) is 6.86. The number of halogens is 4. The van der Waals surface area contributed by atoms with Gasteiger partial charge in [0.05, 0.1) is 22.2 Å². The van der Waals surface area contributed by atoms with E-state index in [1.807, 2.05) is 18.2 Å². The second-order valence-corrected chi connectivity index (χ2v) is 7.89. The molecule has 0 saturated heterocycles. The Morgan fingerprint density at radius 3 is 2.73 bits per heavy atom. The van der Waals surface area contributed by atoms with Crippen LogP contribution in [0.5, 0.6) is 0 Å². The summed E-state index contributed by atoms with van der Waals surface area (Å²) in [6.07, 6.45) is -0.971. The molecule has 30 heavy (non-hydrogen) atoms. The summed E-state index contributed by atoms with van der Waals surface area (Å²) in [5, 5.41) is 11.7. The third-order valence-corrected chi connectivity index (χ3v) is 5.59. The van der Waals surface area contributed by atoms with E-state index in [0.29, 0.717) is 17.2 Å². The van der Waals surface area contributed by atoms with E-state index in [2.05, 4.69) is 20.5 Å². The molecule has 0 radical (unpaired) electrons. The molecule has 5 nitrogen and oxygen atoms in total. The van der Waals surface area contributed by atoms with Crippen LogP contribution in [0.15, 0.2) is 48.8 Å². The summed E-state index contributed by atoms with van der Waals surface area (Å²) in [5.74, 6) is -1.29. The van der Waals surface area contributed by atoms with Gasteiger partial charge in [0, 0.05) is 24.2 Å². The number of aromatic nitrogens is 3. The third-order valence-electron chi connectivity index (χ3n) is 4.58. The number of thiazole rings is 1. The lowest BCUT2D eigenvalue weighted by atomic mass is 10.0. The molecule has 0 saturated carbocycles.